The van der Waals surface area contributed by atoms with Crippen molar-refractivity contribution in [3.63, 3.8) is 0 Å². The first kappa shape index (κ1) is 15.5. The predicted molar refractivity (Wildman–Crippen MR) is 93.1 cm³/mol. The number of likely N-dealkylation sites (N-methyl/N-ethyl adjacent to an activating group) is 1. The van der Waals surface area contributed by atoms with E-state index in [1.807, 2.05) is 19.1 Å². The SMILES string of the molecule is CCOC1=CCC2(O)C3Cc4ccc(OC)c5c4C2(CCN3C)C1O5. The summed E-state index contributed by atoms with van der Waals surface area (Å²) in [5, 5.41) is 12.0. The Balaban J connectivity index is 1.81. The summed E-state index contributed by atoms with van der Waals surface area (Å²) >= 11 is 0. The van der Waals surface area contributed by atoms with E-state index in [2.05, 4.69) is 18.0 Å². The second kappa shape index (κ2) is 4.92. The van der Waals surface area contributed by atoms with Crippen LogP contribution >= 0.6 is 0 Å². The molecule has 0 radical (unpaired) electrons. The number of hydrogen-bond donors (Lipinski definition) is 1. The lowest BCUT2D eigenvalue weighted by Crippen LogP contribution is -2.74. The van der Waals surface area contributed by atoms with Crippen molar-refractivity contribution in [1.29, 1.82) is 0 Å². The van der Waals surface area contributed by atoms with Crippen LogP contribution in [0.1, 0.15) is 30.9 Å². The van der Waals surface area contributed by atoms with Crippen molar-refractivity contribution < 1.29 is 19.3 Å². The summed E-state index contributed by atoms with van der Waals surface area (Å²) in [4.78, 5) is 2.31. The van der Waals surface area contributed by atoms with Gasteiger partial charge in [0.25, 0.3) is 0 Å². The second-order valence-corrected chi connectivity index (χ2v) is 7.72. The first-order chi connectivity index (χ1) is 12.1. The van der Waals surface area contributed by atoms with E-state index < -0.39 is 11.0 Å². The molecule has 134 valence electrons. The van der Waals surface area contributed by atoms with Crippen molar-refractivity contribution in [2.45, 2.75) is 49.3 Å². The van der Waals surface area contributed by atoms with Crippen LogP contribution < -0.4 is 9.47 Å². The molecule has 1 saturated heterocycles. The van der Waals surface area contributed by atoms with Gasteiger partial charge >= 0.3 is 0 Å². The minimum atomic E-state index is -0.837. The number of methoxy groups -OCH3 is 1. The summed E-state index contributed by atoms with van der Waals surface area (Å²) < 4.78 is 18.0. The van der Waals surface area contributed by atoms with Crippen molar-refractivity contribution in [3.05, 3.63) is 35.1 Å². The molecule has 2 aliphatic heterocycles. The first-order valence-electron chi connectivity index (χ1n) is 9.19. The highest BCUT2D eigenvalue weighted by molar-refractivity contribution is 5.64. The molecule has 1 N–H and O–H groups in total. The smallest absolute Gasteiger partial charge is 0.168 e. The normalized spacial score (nSPS) is 37.8. The molecule has 4 aliphatic rings. The maximum Gasteiger partial charge on any atom is 0.168 e. The van der Waals surface area contributed by atoms with Crippen LogP contribution in [-0.2, 0) is 16.6 Å². The van der Waals surface area contributed by atoms with Gasteiger partial charge in [0, 0.05) is 18.0 Å². The lowest BCUT2D eigenvalue weighted by Gasteiger charge is -2.61. The average molecular weight is 343 g/mol. The molecule has 5 nitrogen and oxygen atoms in total. The van der Waals surface area contributed by atoms with Crippen LogP contribution in [0.4, 0.5) is 0 Å². The van der Waals surface area contributed by atoms with Crippen LogP contribution in [0.25, 0.3) is 0 Å². The van der Waals surface area contributed by atoms with E-state index in [1.165, 1.54) is 5.56 Å². The van der Waals surface area contributed by atoms with Gasteiger partial charge < -0.3 is 24.2 Å². The fourth-order valence-corrected chi connectivity index (χ4v) is 5.79. The van der Waals surface area contributed by atoms with Gasteiger partial charge in [0.15, 0.2) is 17.6 Å². The molecule has 2 bridgehead atoms. The van der Waals surface area contributed by atoms with Crippen LogP contribution in [0.15, 0.2) is 24.0 Å². The van der Waals surface area contributed by atoms with Gasteiger partial charge in [-0.15, -0.1) is 0 Å². The molecular weight excluding hydrogens is 318 g/mol. The van der Waals surface area contributed by atoms with Crippen LogP contribution in [0.3, 0.4) is 0 Å². The molecule has 2 aliphatic carbocycles. The van der Waals surface area contributed by atoms with Crippen molar-refractivity contribution in [2.75, 3.05) is 27.3 Å². The van der Waals surface area contributed by atoms with Gasteiger partial charge in [-0.25, -0.2) is 0 Å². The number of ether oxygens (including phenoxy) is 3. The summed E-state index contributed by atoms with van der Waals surface area (Å²) in [6.45, 7) is 3.54. The van der Waals surface area contributed by atoms with Crippen LogP contribution in [0.5, 0.6) is 11.5 Å². The van der Waals surface area contributed by atoms with E-state index in [-0.39, 0.29) is 12.1 Å². The van der Waals surface area contributed by atoms with E-state index in [0.717, 1.165) is 42.2 Å². The molecule has 4 unspecified atom stereocenters. The highest BCUT2D eigenvalue weighted by atomic mass is 16.6. The molecule has 0 amide bonds. The Hall–Kier alpha value is -1.72. The third-order valence-electron chi connectivity index (χ3n) is 6.87. The number of aliphatic hydroxyl groups is 1. The summed E-state index contributed by atoms with van der Waals surface area (Å²) in [6, 6.07) is 4.24. The van der Waals surface area contributed by atoms with E-state index >= 15 is 0 Å². The maximum atomic E-state index is 12.0. The van der Waals surface area contributed by atoms with Crippen LogP contribution in [-0.4, -0.2) is 55.1 Å². The highest BCUT2D eigenvalue weighted by Crippen LogP contribution is 2.65. The Morgan fingerprint density at radius 1 is 1.40 bits per heavy atom. The standard InChI is InChI=1S/C20H25NO4/c1-4-24-14-7-8-20(22)15-11-12-5-6-13(23-3)17-16(12)19(20,18(14)25-17)9-10-21(15)2/h5-7,15,18,22H,4,8-11H2,1-3H3. The molecule has 1 aromatic carbocycles. The Morgan fingerprint density at radius 3 is 3.00 bits per heavy atom. The second-order valence-electron chi connectivity index (χ2n) is 7.72. The number of benzene rings is 1. The fraction of sp³-hybridized carbons (Fsp3) is 0.600. The zero-order valence-electron chi connectivity index (χ0n) is 15.0. The number of rotatable bonds is 3. The lowest BCUT2D eigenvalue weighted by molar-refractivity contribution is -0.164. The molecular formula is C20H25NO4. The molecule has 2 heterocycles. The van der Waals surface area contributed by atoms with Crippen molar-refractivity contribution in [2.24, 2.45) is 0 Å². The van der Waals surface area contributed by atoms with Gasteiger partial charge in [-0.2, -0.15) is 0 Å². The maximum absolute atomic E-state index is 12.0. The van der Waals surface area contributed by atoms with Crippen molar-refractivity contribution in [3.8, 4) is 11.5 Å². The summed E-state index contributed by atoms with van der Waals surface area (Å²) in [5.41, 5.74) is 1.16. The number of hydrogen-bond acceptors (Lipinski definition) is 5. The Labute approximate surface area is 148 Å². The van der Waals surface area contributed by atoms with Gasteiger partial charge in [0.05, 0.1) is 24.7 Å². The third-order valence-corrected chi connectivity index (χ3v) is 6.87. The lowest BCUT2D eigenvalue weighted by atomic mass is 9.50. The molecule has 25 heavy (non-hydrogen) atoms. The summed E-state index contributed by atoms with van der Waals surface area (Å²) in [7, 11) is 3.80. The largest absolute Gasteiger partial charge is 0.495 e. The van der Waals surface area contributed by atoms with Gasteiger partial charge in [0.2, 0.25) is 0 Å². The van der Waals surface area contributed by atoms with Crippen LogP contribution in [0.2, 0.25) is 0 Å². The van der Waals surface area contributed by atoms with Gasteiger partial charge in [-0.1, -0.05) is 6.07 Å². The van der Waals surface area contributed by atoms with Crippen LogP contribution in [0, 0.1) is 0 Å². The predicted octanol–water partition coefficient (Wildman–Crippen LogP) is 2.01. The molecule has 1 aromatic rings. The quantitative estimate of drug-likeness (QED) is 0.910. The minimum absolute atomic E-state index is 0.0959. The van der Waals surface area contributed by atoms with Gasteiger partial charge in [0.1, 0.15) is 5.76 Å². The number of likely N-dealkylation sites (tertiary alicyclic amines) is 1. The minimum Gasteiger partial charge on any atom is -0.495 e. The third kappa shape index (κ3) is 1.62. The molecule has 5 heteroatoms. The van der Waals surface area contributed by atoms with Gasteiger partial charge in [-0.3, -0.25) is 0 Å². The molecule has 0 aromatic heterocycles. The van der Waals surface area contributed by atoms with E-state index in [0.29, 0.717) is 13.0 Å². The first-order valence-corrected chi connectivity index (χ1v) is 9.19. The molecule has 4 atom stereocenters. The van der Waals surface area contributed by atoms with E-state index in [4.69, 9.17) is 14.2 Å². The van der Waals surface area contributed by atoms with E-state index in [9.17, 15) is 5.11 Å². The number of nitrogens with zero attached hydrogens (tertiary/aromatic N) is 1. The van der Waals surface area contributed by atoms with Crippen molar-refractivity contribution >= 4 is 0 Å². The molecule has 1 spiro atoms. The molecule has 1 fully saturated rings. The zero-order chi connectivity index (χ0) is 17.4. The molecule has 0 saturated carbocycles. The fourth-order valence-electron chi connectivity index (χ4n) is 5.79. The summed E-state index contributed by atoms with van der Waals surface area (Å²) in [6.07, 6.45) is 4.08. The Morgan fingerprint density at radius 2 is 2.24 bits per heavy atom. The van der Waals surface area contributed by atoms with E-state index in [1.54, 1.807) is 7.11 Å². The van der Waals surface area contributed by atoms with Crippen molar-refractivity contribution in [1.82, 2.24) is 4.90 Å². The topological polar surface area (TPSA) is 51.2 Å². The average Bonchev–Trinajstić information content (AvgIpc) is 2.96. The Bertz CT molecular complexity index is 775. The monoisotopic (exact) mass is 343 g/mol. The highest BCUT2D eigenvalue weighted by Gasteiger charge is 2.71. The van der Waals surface area contributed by atoms with Gasteiger partial charge in [-0.05, 0) is 51.1 Å². The Kier molecular flexibility index (Phi) is 3.06. The number of piperidine rings is 1. The zero-order valence-corrected chi connectivity index (χ0v) is 15.0. The molecule has 5 rings (SSSR count). The summed E-state index contributed by atoms with van der Waals surface area (Å²) in [5.74, 6) is 2.42.